The quantitative estimate of drug-likeness (QED) is 0.743. The molecule has 7 nitrogen and oxygen atoms in total. The minimum Gasteiger partial charge on any atom is -0.307 e. The number of amidine groups is 1. The molecule has 1 aromatic carbocycles. The number of aryl methyl sites for hydroxylation is 2. The maximum atomic E-state index is 12.9. The summed E-state index contributed by atoms with van der Waals surface area (Å²) in [5.41, 5.74) is 3.07. The van der Waals surface area contributed by atoms with Crippen LogP contribution in [0.2, 0.25) is 0 Å². The van der Waals surface area contributed by atoms with Crippen molar-refractivity contribution in [3.8, 4) is 11.1 Å². The van der Waals surface area contributed by atoms with Crippen molar-refractivity contribution in [2.24, 2.45) is 4.99 Å². The summed E-state index contributed by atoms with van der Waals surface area (Å²) in [6, 6.07) is 9.72. The molecule has 0 saturated heterocycles. The second-order valence-corrected chi connectivity index (χ2v) is 6.10. The molecule has 0 radical (unpaired) electrons. The lowest BCUT2D eigenvalue weighted by atomic mass is 10.1. The Bertz CT molecular complexity index is 1140. The number of H-pyrrole nitrogens is 1. The first-order chi connectivity index (χ1) is 12.6. The Morgan fingerprint density at radius 2 is 2.00 bits per heavy atom. The highest BCUT2D eigenvalue weighted by molar-refractivity contribution is 6.11. The molecule has 0 saturated carbocycles. The Morgan fingerprint density at radius 3 is 2.69 bits per heavy atom. The van der Waals surface area contributed by atoms with Crippen LogP contribution in [-0.4, -0.2) is 32.9 Å². The number of carbonyl (C=O) groups excluding carboxylic acids is 1. The van der Waals surface area contributed by atoms with E-state index in [0.29, 0.717) is 23.7 Å². The zero-order valence-corrected chi connectivity index (χ0v) is 14.4. The topological polar surface area (TPSA) is 91.6 Å². The number of carbonyl (C=O) groups is 1. The summed E-state index contributed by atoms with van der Waals surface area (Å²) in [5, 5.41) is 5.68. The van der Waals surface area contributed by atoms with Crippen LogP contribution in [0.5, 0.6) is 0 Å². The second-order valence-electron chi connectivity index (χ2n) is 6.10. The molecule has 1 aliphatic heterocycles. The van der Waals surface area contributed by atoms with E-state index in [1.807, 2.05) is 43.3 Å². The number of nitrogens with zero attached hydrogens (tertiary/aromatic N) is 3. The lowest BCUT2D eigenvalue weighted by Crippen LogP contribution is -2.35. The van der Waals surface area contributed by atoms with Gasteiger partial charge < -0.3 is 5.32 Å². The normalized spacial score (nSPS) is 13.2. The summed E-state index contributed by atoms with van der Waals surface area (Å²) < 4.78 is 1.33. The second kappa shape index (κ2) is 6.11. The predicted octanol–water partition coefficient (Wildman–Crippen LogP) is 2.00. The molecule has 0 aliphatic carbocycles. The molecule has 0 atom stereocenters. The lowest BCUT2D eigenvalue weighted by molar-refractivity contribution is 0.0974. The van der Waals surface area contributed by atoms with Crippen LogP contribution in [0.3, 0.4) is 0 Å². The van der Waals surface area contributed by atoms with Crippen molar-refractivity contribution in [3.63, 3.8) is 0 Å². The van der Waals surface area contributed by atoms with Gasteiger partial charge in [0.1, 0.15) is 11.4 Å². The highest BCUT2D eigenvalue weighted by Crippen LogP contribution is 2.26. The Morgan fingerprint density at radius 1 is 1.23 bits per heavy atom. The number of benzene rings is 1. The molecule has 0 unspecified atom stereocenters. The van der Waals surface area contributed by atoms with E-state index in [1.54, 1.807) is 13.0 Å². The Balaban J connectivity index is 1.87. The summed E-state index contributed by atoms with van der Waals surface area (Å²) in [6.45, 7) is 4.07. The zero-order chi connectivity index (χ0) is 18.3. The number of nitrogens with one attached hydrogen (secondary N) is 2. The minimum absolute atomic E-state index is 0.00589. The first kappa shape index (κ1) is 16.0. The van der Waals surface area contributed by atoms with Gasteiger partial charge in [-0.3, -0.25) is 19.7 Å². The molecule has 0 fully saturated rings. The molecule has 130 valence electrons. The molecular weight excluding hydrogens is 330 g/mol. The highest BCUT2D eigenvalue weighted by atomic mass is 16.2. The van der Waals surface area contributed by atoms with E-state index >= 15 is 0 Å². The average molecular weight is 347 g/mol. The molecule has 26 heavy (non-hydrogen) atoms. The lowest BCUT2D eigenvalue weighted by Gasteiger charge is -2.07. The summed E-state index contributed by atoms with van der Waals surface area (Å²) in [7, 11) is 0. The molecule has 1 aliphatic rings. The van der Waals surface area contributed by atoms with Crippen LogP contribution >= 0.6 is 0 Å². The fourth-order valence-electron chi connectivity index (χ4n) is 3.13. The van der Waals surface area contributed by atoms with Crippen molar-refractivity contribution in [3.05, 3.63) is 69.8 Å². The predicted molar refractivity (Wildman–Crippen MR) is 99.6 cm³/mol. The van der Waals surface area contributed by atoms with E-state index in [-0.39, 0.29) is 5.56 Å². The molecule has 2 aromatic heterocycles. The highest BCUT2D eigenvalue weighted by Gasteiger charge is 2.22. The maximum Gasteiger partial charge on any atom is 0.285 e. The van der Waals surface area contributed by atoms with Gasteiger partial charge in [-0.15, -0.1) is 0 Å². The standard InChI is InChI=1S/C19H17N5O2/c1-11-16(18(25)22-14-9-6-10-20-14)19(26)24-17(21-11)15(12(2)23-24)13-7-4-3-5-8-13/h3-9,23H,10H2,1-2H3,(H,20,22,25). The van der Waals surface area contributed by atoms with Crippen molar-refractivity contribution in [1.82, 2.24) is 19.9 Å². The van der Waals surface area contributed by atoms with Crippen LogP contribution in [0.1, 0.15) is 21.7 Å². The fraction of sp³-hybridized carbons (Fsp3) is 0.158. The van der Waals surface area contributed by atoms with Crippen LogP contribution in [0.15, 0.2) is 52.3 Å². The Kier molecular flexibility index (Phi) is 3.76. The van der Waals surface area contributed by atoms with Crippen LogP contribution < -0.4 is 10.9 Å². The summed E-state index contributed by atoms with van der Waals surface area (Å²) in [6.07, 6.45) is 3.54. The van der Waals surface area contributed by atoms with Crippen LogP contribution in [0.4, 0.5) is 0 Å². The van der Waals surface area contributed by atoms with Gasteiger partial charge in [0.2, 0.25) is 0 Å². The molecule has 3 heterocycles. The third-order valence-corrected chi connectivity index (χ3v) is 4.32. The third kappa shape index (κ3) is 2.54. The monoisotopic (exact) mass is 347 g/mol. The Hall–Kier alpha value is -3.48. The maximum absolute atomic E-state index is 12.9. The Labute approximate surface area is 149 Å². The van der Waals surface area contributed by atoms with Gasteiger partial charge in [0.15, 0.2) is 5.65 Å². The van der Waals surface area contributed by atoms with Crippen molar-refractivity contribution in [2.75, 3.05) is 6.54 Å². The van der Waals surface area contributed by atoms with Crippen LogP contribution in [0, 0.1) is 13.8 Å². The molecule has 4 rings (SSSR count). The van der Waals surface area contributed by atoms with Gasteiger partial charge in [0.05, 0.1) is 12.2 Å². The van der Waals surface area contributed by atoms with Crippen molar-refractivity contribution in [1.29, 1.82) is 0 Å². The number of hydrogen-bond acceptors (Lipinski definition) is 4. The number of aliphatic imine (C=N–C) groups is 1. The first-order valence-corrected chi connectivity index (χ1v) is 8.26. The molecule has 0 bridgehead atoms. The van der Waals surface area contributed by atoms with Crippen molar-refractivity contribution in [2.45, 2.75) is 13.8 Å². The van der Waals surface area contributed by atoms with Crippen molar-refractivity contribution < 1.29 is 4.79 Å². The van der Waals surface area contributed by atoms with E-state index in [2.05, 4.69) is 20.4 Å². The number of amides is 1. The number of hydrogen-bond donors (Lipinski definition) is 2. The molecule has 0 spiro atoms. The number of fused-ring (bicyclic) bond motifs is 1. The molecule has 3 aromatic rings. The van der Waals surface area contributed by atoms with Gasteiger partial charge >= 0.3 is 0 Å². The first-order valence-electron chi connectivity index (χ1n) is 8.26. The third-order valence-electron chi connectivity index (χ3n) is 4.32. The number of aromatic nitrogens is 3. The van der Waals surface area contributed by atoms with Gasteiger partial charge in [0, 0.05) is 11.3 Å². The zero-order valence-electron chi connectivity index (χ0n) is 14.4. The largest absolute Gasteiger partial charge is 0.307 e. The number of rotatable bonds is 2. The summed E-state index contributed by atoms with van der Waals surface area (Å²) in [5.74, 6) is -0.0558. The summed E-state index contributed by atoms with van der Waals surface area (Å²) in [4.78, 5) is 34.1. The average Bonchev–Trinajstić information content (AvgIpc) is 3.23. The molecular formula is C19H17N5O2. The SMILES string of the molecule is Cc1nc2c(-c3ccccc3)c(C)[nH]n2c(=O)c1C(=O)NC1=NCC=C1. The number of aromatic amines is 1. The smallest absolute Gasteiger partial charge is 0.285 e. The van der Waals surface area contributed by atoms with E-state index in [4.69, 9.17) is 0 Å². The molecule has 1 amide bonds. The summed E-state index contributed by atoms with van der Waals surface area (Å²) >= 11 is 0. The van der Waals surface area contributed by atoms with E-state index in [9.17, 15) is 9.59 Å². The van der Waals surface area contributed by atoms with Gasteiger partial charge in [0.25, 0.3) is 11.5 Å². The van der Waals surface area contributed by atoms with E-state index < -0.39 is 11.5 Å². The van der Waals surface area contributed by atoms with Gasteiger partial charge in [-0.1, -0.05) is 36.4 Å². The molecule has 7 heteroatoms. The minimum atomic E-state index is -0.506. The van der Waals surface area contributed by atoms with Gasteiger partial charge in [-0.2, -0.15) is 0 Å². The molecule has 2 N–H and O–H groups in total. The van der Waals surface area contributed by atoms with E-state index in [0.717, 1.165) is 16.8 Å². The van der Waals surface area contributed by atoms with Crippen LogP contribution in [-0.2, 0) is 0 Å². The van der Waals surface area contributed by atoms with Gasteiger partial charge in [-0.25, -0.2) is 9.50 Å². The van der Waals surface area contributed by atoms with Crippen molar-refractivity contribution >= 4 is 17.4 Å². The van der Waals surface area contributed by atoms with Gasteiger partial charge in [-0.05, 0) is 25.5 Å². The fourth-order valence-corrected chi connectivity index (χ4v) is 3.13. The van der Waals surface area contributed by atoms with E-state index in [1.165, 1.54) is 4.52 Å². The van der Waals surface area contributed by atoms with Crippen LogP contribution in [0.25, 0.3) is 16.8 Å².